The summed E-state index contributed by atoms with van der Waals surface area (Å²) in [4.78, 5) is 0. The molecule has 0 aliphatic rings. The molecule has 0 spiro atoms. The summed E-state index contributed by atoms with van der Waals surface area (Å²) in [5.74, 6) is 0. The van der Waals surface area contributed by atoms with E-state index in [2.05, 4.69) is 12.0 Å². The van der Waals surface area contributed by atoms with Crippen LogP contribution < -0.4 is 5.73 Å². The molecule has 0 atom stereocenters. The second-order valence-electron chi connectivity index (χ2n) is 3.28. The van der Waals surface area contributed by atoms with Gasteiger partial charge in [0, 0.05) is 12.7 Å². The lowest BCUT2D eigenvalue weighted by Crippen LogP contribution is -2.29. The fourth-order valence-electron chi connectivity index (χ4n) is 0.881. The quantitative estimate of drug-likeness (QED) is 0.691. The van der Waals surface area contributed by atoms with Crippen molar-refractivity contribution >= 4 is 0 Å². The number of nitrogens with zero attached hydrogens (tertiary/aromatic N) is 2. The molecule has 0 amide bonds. The fourth-order valence-corrected chi connectivity index (χ4v) is 0.881. The van der Waals surface area contributed by atoms with Crippen molar-refractivity contribution in [2.75, 3.05) is 0 Å². The molecule has 0 saturated carbocycles. The Balaban J connectivity index is 2.89. The maximum atomic E-state index is 5.85. The van der Waals surface area contributed by atoms with Gasteiger partial charge in [0.05, 0.1) is 11.2 Å². The predicted octanol–water partition coefficient (Wildman–Crippen LogP) is 1.10. The normalized spacial score (nSPS) is 12.0. The molecule has 0 fully saturated rings. The molecular weight excluding hydrogens is 138 g/mol. The van der Waals surface area contributed by atoms with Crippen LogP contribution in [0, 0.1) is 0 Å². The Kier molecular flexibility index (Phi) is 2.00. The largest absolute Gasteiger partial charge is 0.321 e. The highest BCUT2D eigenvalue weighted by atomic mass is 15.3. The molecule has 0 aliphatic carbocycles. The van der Waals surface area contributed by atoms with Crippen molar-refractivity contribution in [2.45, 2.75) is 32.9 Å². The lowest BCUT2D eigenvalue weighted by Gasteiger charge is -2.14. The molecule has 0 aromatic carbocycles. The third kappa shape index (κ3) is 1.80. The lowest BCUT2D eigenvalue weighted by molar-refractivity contribution is 0.514. The first-order valence-electron chi connectivity index (χ1n) is 3.87. The molecule has 2 N–H and O–H groups in total. The first-order chi connectivity index (χ1) is 5.04. The summed E-state index contributed by atoms with van der Waals surface area (Å²) in [5, 5.41) is 4.29. The van der Waals surface area contributed by atoms with Crippen LogP contribution in [0.15, 0.2) is 12.3 Å². The molecule has 0 aliphatic heterocycles. The maximum absolute atomic E-state index is 5.85. The van der Waals surface area contributed by atoms with E-state index in [1.165, 1.54) is 0 Å². The molecule has 0 radical (unpaired) electrons. The van der Waals surface area contributed by atoms with E-state index in [-0.39, 0.29) is 5.54 Å². The number of aryl methyl sites for hydroxylation is 1. The minimum Gasteiger partial charge on any atom is -0.321 e. The van der Waals surface area contributed by atoms with Gasteiger partial charge in [0.1, 0.15) is 0 Å². The van der Waals surface area contributed by atoms with Crippen molar-refractivity contribution in [2.24, 2.45) is 5.73 Å². The van der Waals surface area contributed by atoms with Crippen LogP contribution in [0.3, 0.4) is 0 Å². The van der Waals surface area contributed by atoms with Crippen LogP contribution >= 0.6 is 0 Å². The maximum Gasteiger partial charge on any atom is 0.0817 e. The van der Waals surface area contributed by atoms with Crippen LogP contribution in [-0.2, 0) is 12.1 Å². The van der Waals surface area contributed by atoms with Gasteiger partial charge in [-0.05, 0) is 26.8 Å². The molecule has 62 valence electrons. The Bertz CT molecular complexity index is 232. The van der Waals surface area contributed by atoms with E-state index in [1.54, 1.807) is 0 Å². The van der Waals surface area contributed by atoms with Gasteiger partial charge in [-0.2, -0.15) is 5.10 Å². The summed E-state index contributed by atoms with van der Waals surface area (Å²) >= 11 is 0. The van der Waals surface area contributed by atoms with Gasteiger partial charge in [-0.15, -0.1) is 0 Å². The second-order valence-corrected chi connectivity index (χ2v) is 3.28. The van der Waals surface area contributed by atoms with E-state index in [0.29, 0.717) is 0 Å². The highest BCUT2D eigenvalue weighted by Crippen LogP contribution is 2.12. The highest BCUT2D eigenvalue weighted by molar-refractivity contribution is 5.09. The van der Waals surface area contributed by atoms with Crippen molar-refractivity contribution in [3.63, 3.8) is 0 Å². The van der Waals surface area contributed by atoms with Crippen molar-refractivity contribution in [3.05, 3.63) is 18.0 Å². The highest BCUT2D eigenvalue weighted by Gasteiger charge is 2.16. The van der Waals surface area contributed by atoms with E-state index >= 15 is 0 Å². The van der Waals surface area contributed by atoms with E-state index in [4.69, 9.17) is 5.73 Å². The fraction of sp³-hybridized carbons (Fsp3) is 0.625. The summed E-state index contributed by atoms with van der Waals surface area (Å²) < 4.78 is 1.88. The molecule has 0 saturated heterocycles. The summed E-state index contributed by atoms with van der Waals surface area (Å²) in [6.45, 7) is 6.86. The van der Waals surface area contributed by atoms with Crippen LogP contribution in [-0.4, -0.2) is 9.78 Å². The molecular formula is C8H15N3. The molecule has 1 aromatic heterocycles. The van der Waals surface area contributed by atoms with Crippen molar-refractivity contribution in [1.29, 1.82) is 0 Å². The Morgan fingerprint density at radius 1 is 1.64 bits per heavy atom. The van der Waals surface area contributed by atoms with Crippen molar-refractivity contribution in [1.82, 2.24) is 9.78 Å². The average molecular weight is 153 g/mol. The minimum atomic E-state index is -0.319. The summed E-state index contributed by atoms with van der Waals surface area (Å²) in [5.41, 5.74) is 6.47. The van der Waals surface area contributed by atoms with Crippen LogP contribution in [0.5, 0.6) is 0 Å². The van der Waals surface area contributed by atoms with Gasteiger partial charge in [0.25, 0.3) is 0 Å². The molecule has 3 nitrogen and oxygen atoms in total. The third-order valence-corrected chi connectivity index (χ3v) is 1.62. The number of aromatic nitrogens is 2. The van der Waals surface area contributed by atoms with E-state index in [1.807, 2.05) is 30.8 Å². The van der Waals surface area contributed by atoms with Gasteiger partial charge in [-0.1, -0.05) is 0 Å². The van der Waals surface area contributed by atoms with Gasteiger partial charge < -0.3 is 5.73 Å². The van der Waals surface area contributed by atoms with E-state index in [0.717, 1.165) is 12.2 Å². The minimum absolute atomic E-state index is 0.319. The lowest BCUT2D eigenvalue weighted by atomic mass is 10.0. The molecule has 0 bridgehead atoms. The molecule has 0 unspecified atom stereocenters. The zero-order valence-electron chi connectivity index (χ0n) is 7.33. The topological polar surface area (TPSA) is 43.8 Å². The first kappa shape index (κ1) is 8.27. The average Bonchev–Trinajstić information content (AvgIpc) is 2.32. The van der Waals surface area contributed by atoms with Crippen LogP contribution in [0.1, 0.15) is 26.5 Å². The number of hydrogen-bond acceptors (Lipinski definition) is 2. The van der Waals surface area contributed by atoms with Gasteiger partial charge in [0.15, 0.2) is 0 Å². The zero-order chi connectivity index (χ0) is 8.48. The molecule has 3 heteroatoms. The van der Waals surface area contributed by atoms with Gasteiger partial charge in [-0.25, -0.2) is 0 Å². The van der Waals surface area contributed by atoms with Crippen molar-refractivity contribution in [3.8, 4) is 0 Å². The number of nitrogens with two attached hydrogens (primary N) is 1. The molecule has 1 aromatic rings. The van der Waals surface area contributed by atoms with E-state index in [9.17, 15) is 0 Å². The number of hydrogen-bond donors (Lipinski definition) is 1. The van der Waals surface area contributed by atoms with Crippen LogP contribution in [0.2, 0.25) is 0 Å². The molecule has 1 rings (SSSR count). The monoisotopic (exact) mass is 153 g/mol. The Hall–Kier alpha value is -0.830. The smallest absolute Gasteiger partial charge is 0.0817 e. The SMILES string of the molecule is CCn1ccc(C(C)(C)N)n1. The molecule has 11 heavy (non-hydrogen) atoms. The second kappa shape index (κ2) is 2.66. The van der Waals surface area contributed by atoms with E-state index < -0.39 is 0 Å². The van der Waals surface area contributed by atoms with Gasteiger partial charge >= 0.3 is 0 Å². The Morgan fingerprint density at radius 2 is 2.27 bits per heavy atom. The van der Waals surface area contributed by atoms with Crippen molar-refractivity contribution < 1.29 is 0 Å². The summed E-state index contributed by atoms with van der Waals surface area (Å²) in [6, 6.07) is 1.96. The van der Waals surface area contributed by atoms with Crippen LogP contribution in [0.4, 0.5) is 0 Å². The summed E-state index contributed by atoms with van der Waals surface area (Å²) in [7, 11) is 0. The zero-order valence-corrected chi connectivity index (χ0v) is 7.33. The molecule has 1 heterocycles. The predicted molar refractivity (Wildman–Crippen MR) is 45.1 cm³/mol. The van der Waals surface area contributed by atoms with Gasteiger partial charge in [0.2, 0.25) is 0 Å². The first-order valence-corrected chi connectivity index (χ1v) is 3.87. The Labute approximate surface area is 67.2 Å². The standard InChI is InChI=1S/C8H15N3/c1-4-11-6-5-7(10-11)8(2,3)9/h5-6H,4,9H2,1-3H3. The third-order valence-electron chi connectivity index (χ3n) is 1.62. The van der Waals surface area contributed by atoms with Crippen LogP contribution in [0.25, 0.3) is 0 Å². The van der Waals surface area contributed by atoms with Gasteiger partial charge in [-0.3, -0.25) is 4.68 Å². The number of rotatable bonds is 2. The summed E-state index contributed by atoms with van der Waals surface area (Å²) in [6.07, 6.45) is 1.95. The Morgan fingerprint density at radius 3 is 2.55 bits per heavy atom.